The molecule has 2 N–H and O–H groups in total. The number of aromatic nitrogens is 1. The molecule has 0 spiro atoms. The third kappa shape index (κ3) is 2.64. The molecule has 2 aromatic carbocycles. The summed E-state index contributed by atoms with van der Waals surface area (Å²) in [7, 11) is 0. The van der Waals surface area contributed by atoms with Crippen molar-refractivity contribution in [2.24, 2.45) is 4.99 Å². The number of carboxylic acids is 1. The number of carbonyl (C=O) groups is 2. The Kier molecular flexibility index (Phi) is 3.53. The number of carboxylic acid groups (broad SMARTS) is 1. The first-order valence-corrected chi connectivity index (χ1v) is 6.63. The van der Waals surface area contributed by atoms with Crippen LogP contribution in [0.2, 0.25) is 0 Å². The van der Waals surface area contributed by atoms with E-state index in [1.54, 1.807) is 42.5 Å². The maximum atomic E-state index is 12.0. The SMILES string of the molecule is O=C(N=Cc1cccc2[nH]c(C(=O)O)cc12)c1ccccc1. The van der Waals surface area contributed by atoms with Gasteiger partial charge in [0, 0.05) is 28.2 Å². The Morgan fingerprint density at radius 3 is 2.55 bits per heavy atom. The van der Waals surface area contributed by atoms with Gasteiger partial charge in [-0.05, 0) is 24.3 Å². The Hall–Kier alpha value is -3.21. The van der Waals surface area contributed by atoms with E-state index in [2.05, 4.69) is 9.98 Å². The summed E-state index contributed by atoms with van der Waals surface area (Å²) < 4.78 is 0. The summed E-state index contributed by atoms with van der Waals surface area (Å²) in [5.41, 5.74) is 1.98. The fraction of sp³-hybridized carbons (Fsp3) is 0. The third-order valence-corrected chi connectivity index (χ3v) is 3.27. The lowest BCUT2D eigenvalue weighted by atomic mass is 10.1. The average molecular weight is 292 g/mol. The largest absolute Gasteiger partial charge is 0.477 e. The van der Waals surface area contributed by atoms with E-state index >= 15 is 0 Å². The third-order valence-electron chi connectivity index (χ3n) is 3.27. The summed E-state index contributed by atoms with van der Waals surface area (Å²) in [6.07, 6.45) is 1.46. The minimum atomic E-state index is -1.03. The fourth-order valence-electron chi connectivity index (χ4n) is 2.19. The summed E-state index contributed by atoms with van der Waals surface area (Å²) in [6.45, 7) is 0. The van der Waals surface area contributed by atoms with Crippen LogP contribution < -0.4 is 0 Å². The summed E-state index contributed by atoms with van der Waals surface area (Å²) >= 11 is 0. The molecular weight excluding hydrogens is 280 g/mol. The molecule has 1 heterocycles. The van der Waals surface area contributed by atoms with Crippen LogP contribution in [-0.4, -0.2) is 28.2 Å². The standard InChI is InChI=1S/C17H12N2O3/c20-16(11-5-2-1-3-6-11)18-10-12-7-4-8-14-13(12)9-15(19-14)17(21)22/h1-10,19H,(H,21,22). The van der Waals surface area contributed by atoms with Crippen molar-refractivity contribution in [2.45, 2.75) is 0 Å². The van der Waals surface area contributed by atoms with E-state index in [9.17, 15) is 9.59 Å². The number of amides is 1. The number of H-pyrrole nitrogens is 1. The van der Waals surface area contributed by atoms with Gasteiger partial charge in [0.05, 0.1) is 0 Å². The molecule has 0 atom stereocenters. The molecule has 0 saturated heterocycles. The number of nitrogens with zero attached hydrogens (tertiary/aromatic N) is 1. The van der Waals surface area contributed by atoms with Crippen LogP contribution in [0.1, 0.15) is 26.4 Å². The van der Waals surface area contributed by atoms with Gasteiger partial charge in [0.15, 0.2) is 0 Å². The number of hydrogen-bond acceptors (Lipinski definition) is 2. The number of aromatic amines is 1. The minimum absolute atomic E-state index is 0.102. The van der Waals surface area contributed by atoms with Crippen LogP contribution >= 0.6 is 0 Å². The lowest BCUT2D eigenvalue weighted by Crippen LogP contribution is -1.95. The number of aliphatic imine (C=N–C) groups is 1. The predicted octanol–water partition coefficient (Wildman–Crippen LogP) is 3.13. The monoisotopic (exact) mass is 292 g/mol. The van der Waals surface area contributed by atoms with Gasteiger partial charge in [0.1, 0.15) is 5.69 Å². The Balaban J connectivity index is 1.95. The summed E-state index contributed by atoms with van der Waals surface area (Å²) in [4.78, 5) is 29.7. The molecule has 0 radical (unpaired) electrons. The van der Waals surface area contributed by atoms with Crippen LogP contribution in [0.25, 0.3) is 10.9 Å². The zero-order chi connectivity index (χ0) is 15.5. The maximum absolute atomic E-state index is 12.0. The van der Waals surface area contributed by atoms with Crippen molar-refractivity contribution in [3.63, 3.8) is 0 Å². The van der Waals surface area contributed by atoms with Crippen molar-refractivity contribution in [1.29, 1.82) is 0 Å². The van der Waals surface area contributed by atoms with E-state index < -0.39 is 5.97 Å². The highest BCUT2D eigenvalue weighted by Gasteiger charge is 2.09. The molecule has 1 amide bonds. The number of hydrogen-bond donors (Lipinski definition) is 2. The number of benzene rings is 2. The summed E-state index contributed by atoms with van der Waals surface area (Å²) in [6, 6.07) is 15.6. The van der Waals surface area contributed by atoms with Gasteiger partial charge in [-0.3, -0.25) is 4.79 Å². The van der Waals surface area contributed by atoms with Crippen molar-refractivity contribution in [2.75, 3.05) is 0 Å². The van der Waals surface area contributed by atoms with Gasteiger partial charge >= 0.3 is 5.97 Å². The molecular formula is C17H12N2O3. The summed E-state index contributed by atoms with van der Waals surface area (Å²) in [5.74, 6) is -1.37. The first-order chi connectivity index (χ1) is 10.6. The molecule has 5 nitrogen and oxygen atoms in total. The van der Waals surface area contributed by atoms with Crippen LogP contribution in [0, 0.1) is 0 Å². The second-order valence-electron chi connectivity index (χ2n) is 4.73. The van der Waals surface area contributed by atoms with E-state index in [1.165, 1.54) is 12.3 Å². The molecule has 0 fully saturated rings. The highest BCUT2D eigenvalue weighted by atomic mass is 16.4. The van der Waals surface area contributed by atoms with Gasteiger partial charge < -0.3 is 10.1 Å². The number of fused-ring (bicyclic) bond motifs is 1. The first kappa shape index (κ1) is 13.8. The van der Waals surface area contributed by atoms with Gasteiger partial charge in [-0.25, -0.2) is 9.79 Å². The van der Waals surface area contributed by atoms with Crippen molar-refractivity contribution < 1.29 is 14.7 Å². The number of carbonyl (C=O) groups excluding carboxylic acids is 1. The van der Waals surface area contributed by atoms with Crippen molar-refractivity contribution >= 4 is 29.0 Å². The lowest BCUT2D eigenvalue weighted by Gasteiger charge is -1.96. The molecule has 0 saturated carbocycles. The van der Waals surface area contributed by atoms with Crippen molar-refractivity contribution in [1.82, 2.24) is 4.98 Å². The van der Waals surface area contributed by atoms with E-state index in [0.717, 1.165) is 0 Å². The Labute approximate surface area is 125 Å². The van der Waals surface area contributed by atoms with E-state index in [0.29, 0.717) is 22.0 Å². The first-order valence-electron chi connectivity index (χ1n) is 6.63. The van der Waals surface area contributed by atoms with Crippen LogP contribution in [0.15, 0.2) is 59.6 Å². The molecule has 0 aliphatic rings. The van der Waals surface area contributed by atoms with Crippen LogP contribution in [0.3, 0.4) is 0 Å². The Bertz CT molecular complexity index is 879. The van der Waals surface area contributed by atoms with E-state index in [4.69, 9.17) is 5.11 Å². The van der Waals surface area contributed by atoms with Crippen LogP contribution in [0.4, 0.5) is 0 Å². The zero-order valence-corrected chi connectivity index (χ0v) is 11.5. The highest BCUT2D eigenvalue weighted by molar-refractivity contribution is 6.07. The van der Waals surface area contributed by atoms with Gasteiger partial charge in [-0.1, -0.05) is 30.3 Å². The van der Waals surface area contributed by atoms with Crippen molar-refractivity contribution in [3.05, 3.63) is 71.4 Å². The highest BCUT2D eigenvalue weighted by Crippen LogP contribution is 2.19. The molecule has 108 valence electrons. The smallest absolute Gasteiger partial charge is 0.352 e. The topological polar surface area (TPSA) is 82.5 Å². The Morgan fingerprint density at radius 1 is 1.05 bits per heavy atom. The predicted molar refractivity (Wildman–Crippen MR) is 83.6 cm³/mol. The second kappa shape index (κ2) is 5.65. The number of nitrogens with one attached hydrogen (secondary N) is 1. The van der Waals surface area contributed by atoms with E-state index in [1.807, 2.05) is 6.07 Å². The van der Waals surface area contributed by atoms with Crippen LogP contribution in [-0.2, 0) is 0 Å². The van der Waals surface area contributed by atoms with Gasteiger partial charge in [0.25, 0.3) is 5.91 Å². The second-order valence-corrected chi connectivity index (χ2v) is 4.73. The van der Waals surface area contributed by atoms with Crippen LogP contribution in [0.5, 0.6) is 0 Å². The molecule has 0 bridgehead atoms. The van der Waals surface area contributed by atoms with E-state index in [-0.39, 0.29) is 11.6 Å². The molecule has 3 rings (SSSR count). The average Bonchev–Trinajstić information content (AvgIpc) is 2.98. The molecule has 1 aromatic heterocycles. The van der Waals surface area contributed by atoms with Gasteiger partial charge in [-0.15, -0.1) is 0 Å². The molecule has 3 aromatic rings. The quantitative estimate of drug-likeness (QED) is 0.727. The summed E-state index contributed by atoms with van der Waals surface area (Å²) in [5, 5.41) is 9.74. The number of aromatic carboxylic acids is 1. The fourth-order valence-corrected chi connectivity index (χ4v) is 2.19. The lowest BCUT2D eigenvalue weighted by molar-refractivity contribution is 0.0691. The molecule has 0 aliphatic heterocycles. The minimum Gasteiger partial charge on any atom is -0.477 e. The molecule has 0 unspecified atom stereocenters. The molecule has 5 heteroatoms. The molecule has 0 aliphatic carbocycles. The van der Waals surface area contributed by atoms with Crippen molar-refractivity contribution in [3.8, 4) is 0 Å². The zero-order valence-electron chi connectivity index (χ0n) is 11.5. The number of rotatable bonds is 3. The van der Waals surface area contributed by atoms with Gasteiger partial charge in [0.2, 0.25) is 0 Å². The Morgan fingerprint density at radius 2 is 1.82 bits per heavy atom. The van der Waals surface area contributed by atoms with Gasteiger partial charge in [-0.2, -0.15) is 0 Å². The molecule has 22 heavy (non-hydrogen) atoms. The maximum Gasteiger partial charge on any atom is 0.352 e. The normalized spacial score (nSPS) is 11.1.